The summed E-state index contributed by atoms with van der Waals surface area (Å²) in [5.74, 6) is 0.923. The summed E-state index contributed by atoms with van der Waals surface area (Å²) in [6.45, 7) is 4.20. The van der Waals surface area contributed by atoms with E-state index in [0.29, 0.717) is 17.9 Å². The third-order valence-corrected chi connectivity index (χ3v) is 4.26. The van der Waals surface area contributed by atoms with Crippen molar-refractivity contribution in [3.63, 3.8) is 0 Å². The van der Waals surface area contributed by atoms with Crippen molar-refractivity contribution in [1.29, 1.82) is 0 Å². The Morgan fingerprint density at radius 2 is 2.08 bits per heavy atom. The molecule has 5 heteroatoms. The number of benzene rings is 1. The van der Waals surface area contributed by atoms with E-state index in [2.05, 4.69) is 27.4 Å². The number of ether oxygens (including phenoxy) is 1. The fourth-order valence-corrected chi connectivity index (χ4v) is 3.01. The number of anilines is 1. The fraction of sp³-hybridized carbons (Fsp3) is 0.421. The largest absolute Gasteiger partial charge is 0.382 e. The molecule has 1 N–H and O–H groups in total. The molecule has 0 spiro atoms. The normalized spacial score (nSPS) is 16.7. The van der Waals surface area contributed by atoms with Crippen molar-refractivity contribution < 1.29 is 9.53 Å². The molecular weight excluding hydrogens is 302 g/mol. The highest BCUT2D eigenvalue weighted by Crippen LogP contribution is 2.31. The lowest BCUT2D eigenvalue weighted by atomic mass is 9.82. The van der Waals surface area contributed by atoms with Crippen LogP contribution in [0.3, 0.4) is 0 Å². The zero-order valence-electron chi connectivity index (χ0n) is 14.0. The Morgan fingerprint density at radius 3 is 2.88 bits per heavy atom. The molecule has 0 unspecified atom stereocenters. The summed E-state index contributed by atoms with van der Waals surface area (Å²) in [5.41, 5.74) is 2.71. The van der Waals surface area contributed by atoms with E-state index in [1.165, 1.54) is 5.56 Å². The molecule has 1 heterocycles. The van der Waals surface area contributed by atoms with Gasteiger partial charge in [0.2, 0.25) is 5.95 Å². The van der Waals surface area contributed by atoms with Crippen LogP contribution in [0.25, 0.3) is 0 Å². The van der Waals surface area contributed by atoms with Crippen LogP contribution in [0.5, 0.6) is 0 Å². The van der Waals surface area contributed by atoms with Gasteiger partial charge in [0.15, 0.2) is 5.78 Å². The Balaban J connectivity index is 1.68. The van der Waals surface area contributed by atoms with E-state index in [-0.39, 0.29) is 11.7 Å². The smallest absolute Gasteiger partial charge is 0.222 e. The number of rotatable bonds is 7. The Hall–Kier alpha value is -2.27. The molecule has 1 atom stereocenters. The lowest BCUT2D eigenvalue weighted by molar-refractivity contribution is 0.0962. The molecule has 24 heavy (non-hydrogen) atoms. The maximum atomic E-state index is 12.4. The van der Waals surface area contributed by atoms with E-state index in [1.54, 1.807) is 6.20 Å². The van der Waals surface area contributed by atoms with Crippen LogP contribution in [0.4, 0.5) is 5.95 Å². The summed E-state index contributed by atoms with van der Waals surface area (Å²) in [6, 6.07) is 10.2. The molecule has 0 bridgehead atoms. The molecule has 0 fully saturated rings. The van der Waals surface area contributed by atoms with Crippen molar-refractivity contribution in [3.8, 4) is 0 Å². The van der Waals surface area contributed by atoms with Crippen molar-refractivity contribution in [3.05, 3.63) is 53.3 Å². The first-order chi connectivity index (χ1) is 11.8. The van der Waals surface area contributed by atoms with Gasteiger partial charge in [0.25, 0.3) is 0 Å². The van der Waals surface area contributed by atoms with Gasteiger partial charge in [0.1, 0.15) is 0 Å². The predicted molar refractivity (Wildman–Crippen MR) is 93.5 cm³/mol. The number of aromatic nitrogens is 2. The van der Waals surface area contributed by atoms with E-state index in [0.717, 1.165) is 38.3 Å². The van der Waals surface area contributed by atoms with Crippen LogP contribution < -0.4 is 5.32 Å². The first kappa shape index (κ1) is 16.6. The number of carbonyl (C=O) groups excluding carboxylic acids is 1. The van der Waals surface area contributed by atoms with Gasteiger partial charge in [0, 0.05) is 32.4 Å². The second kappa shape index (κ2) is 8.02. The minimum absolute atomic E-state index is 0.132. The first-order valence-corrected chi connectivity index (χ1v) is 8.53. The topological polar surface area (TPSA) is 64.1 Å². The monoisotopic (exact) mass is 325 g/mol. The van der Waals surface area contributed by atoms with Gasteiger partial charge < -0.3 is 10.1 Å². The zero-order valence-corrected chi connectivity index (χ0v) is 14.0. The van der Waals surface area contributed by atoms with Crippen LogP contribution in [0.15, 0.2) is 36.5 Å². The van der Waals surface area contributed by atoms with Crippen molar-refractivity contribution >= 4 is 11.7 Å². The molecule has 0 radical (unpaired) electrons. The highest BCUT2D eigenvalue weighted by molar-refractivity contribution is 5.98. The summed E-state index contributed by atoms with van der Waals surface area (Å²) >= 11 is 0. The van der Waals surface area contributed by atoms with Gasteiger partial charge >= 0.3 is 0 Å². The number of carbonyl (C=O) groups is 1. The first-order valence-electron chi connectivity index (χ1n) is 8.53. The van der Waals surface area contributed by atoms with Gasteiger partial charge in [-0.15, -0.1) is 0 Å². The maximum absolute atomic E-state index is 12.4. The summed E-state index contributed by atoms with van der Waals surface area (Å²) in [4.78, 5) is 21.2. The molecular formula is C19H23N3O2. The molecule has 2 aromatic rings. The minimum atomic E-state index is 0.132. The zero-order chi connectivity index (χ0) is 16.8. The Morgan fingerprint density at radius 1 is 1.25 bits per heavy atom. The Labute approximate surface area is 142 Å². The number of Topliss-reactive ketones (excluding diaryl/α,β-unsaturated/α-hetero) is 1. The summed E-state index contributed by atoms with van der Waals surface area (Å²) < 4.78 is 5.31. The second-order valence-electron chi connectivity index (χ2n) is 5.97. The SMILES string of the molecule is CCOCCCNc1ncc2c(n1)C[C@@H](c1ccccc1)CC2=O. The molecule has 0 aliphatic heterocycles. The third-order valence-electron chi connectivity index (χ3n) is 4.26. The van der Waals surface area contributed by atoms with Gasteiger partial charge in [-0.3, -0.25) is 4.79 Å². The molecule has 3 rings (SSSR count). The van der Waals surface area contributed by atoms with Crippen molar-refractivity contribution in [2.24, 2.45) is 0 Å². The number of ketones is 1. The molecule has 1 aromatic carbocycles. The molecule has 126 valence electrons. The second-order valence-corrected chi connectivity index (χ2v) is 5.97. The number of fused-ring (bicyclic) bond motifs is 1. The molecule has 1 aliphatic rings. The third kappa shape index (κ3) is 3.97. The highest BCUT2D eigenvalue weighted by Gasteiger charge is 2.27. The van der Waals surface area contributed by atoms with Crippen LogP contribution in [0, 0.1) is 0 Å². The fourth-order valence-electron chi connectivity index (χ4n) is 3.01. The van der Waals surface area contributed by atoms with Crippen LogP contribution >= 0.6 is 0 Å². The van der Waals surface area contributed by atoms with Gasteiger partial charge in [-0.05, 0) is 31.2 Å². The number of nitrogens with one attached hydrogen (secondary N) is 1. The van der Waals surface area contributed by atoms with Crippen LogP contribution in [0.1, 0.15) is 47.3 Å². The van der Waals surface area contributed by atoms with E-state index in [9.17, 15) is 4.79 Å². The van der Waals surface area contributed by atoms with Gasteiger partial charge in [-0.1, -0.05) is 30.3 Å². The van der Waals surface area contributed by atoms with Crippen LogP contribution in [0.2, 0.25) is 0 Å². The number of hydrogen-bond donors (Lipinski definition) is 1. The number of hydrogen-bond acceptors (Lipinski definition) is 5. The van der Waals surface area contributed by atoms with Gasteiger partial charge in [-0.2, -0.15) is 0 Å². The van der Waals surface area contributed by atoms with Gasteiger partial charge in [-0.25, -0.2) is 9.97 Å². The average molecular weight is 325 g/mol. The molecule has 5 nitrogen and oxygen atoms in total. The van der Waals surface area contributed by atoms with E-state index < -0.39 is 0 Å². The maximum Gasteiger partial charge on any atom is 0.222 e. The minimum Gasteiger partial charge on any atom is -0.382 e. The van der Waals surface area contributed by atoms with Crippen LogP contribution in [-0.4, -0.2) is 35.5 Å². The molecule has 0 saturated heterocycles. The van der Waals surface area contributed by atoms with E-state index >= 15 is 0 Å². The van der Waals surface area contributed by atoms with E-state index in [1.807, 2.05) is 25.1 Å². The molecule has 1 aromatic heterocycles. The Bertz CT molecular complexity index is 688. The van der Waals surface area contributed by atoms with Crippen LogP contribution in [-0.2, 0) is 11.2 Å². The lowest BCUT2D eigenvalue weighted by Crippen LogP contribution is -2.21. The molecule has 0 saturated carbocycles. The molecule has 0 amide bonds. The van der Waals surface area contributed by atoms with Crippen molar-refractivity contribution in [2.75, 3.05) is 25.1 Å². The Kier molecular flexibility index (Phi) is 5.54. The summed E-state index contributed by atoms with van der Waals surface area (Å²) in [7, 11) is 0. The standard InChI is InChI=1S/C19H23N3O2/c1-2-24-10-6-9-20-19-21-13-16-17(22-19)11-15(12-18(16)23)14-7-4-3-5-8-14/h3-5,7-8,13,15H,2,6,9-12H2,1H3,(H,20,21,22)/t15-/m1/s1. The average Bonchev–Trinajstić information content (AvgIpc) is 2.62. The van der Waals surface area contributed by atoms with E-state index in [4.69, 9.17) is 4.74 Å². The van der Waals surface area contributed by atoms with Crippen molar-refractivity contribution in [2.45, 2.75) is 32.1 Å². The number of nitrogens with zero attached hydrogens (tertiary/aromatic N) is 2. The summed E-state index contributed by atoms with van der Waals surface area (Å²) in [6.07, 6.45) is 3.87. The van der Waals surface area contributed by atoms with Crippen molar-refractivity contribution in [1.82, 2.24) is 9.97 Å². The summed E-state index contributed by atoms with van der Waals surface area (Å²) in [5, 5.41) is 3.21. The molecule has 1 aliphatic carbocycles. The quantitative estimate of drug-likeness (QED) is 0.792. The highest BCUT2D eigenvalue weighted by atomic mass is 16.5. The van der Waals surface area contributed by atoms with Gasteiger partial charge in [0.05, 0.1) is 11.3 Å². The predicted octanol–water partition coefficient (Wildman–Crippen LogP) is 3.23. The lowest BCUT2D eigenvalue weighted by Gasteiger charge is -2.23.